The van der Waals surface area contributed by atoms with E-state index in [0.717, 1.165) is 19.6 Å². The maximum Gasteiger partial charge on any atom is 0.0990 e. The molecule has 0 aromatic rings. The third-order valence-electron chi connectivity index (χ3n) is 2.57. The van der Waals surface area contributed by atoms with E-state index in [-0.39, 0.29) is 6.10 Å². The highest BCUT2D eigenvalue weighted by molar-refractivity contribution is 4.96. The number of methoxy groups -OCH3 is 1. The van der Waals surface area contributed by atoms with Gasteiger partial charge in [0, 0.05) is 19.8 Å². The number of hydrogen-bond acceptors (Lipinski definition) is 3. The van der Waals surface area contributed by atoms with Gasteiger partial charge in [0.25, 0.3) is 0 Å². The second-order valence-electron chi connectivity index (χ2n) is 3.49. The Labute approximate surface area is 80.8 Å². The Bertz CT molecular complexity index is 139. The van der Waals surface area contributed by atoms with Gasteiger partial charge in [-0.3, -0.25) is 0 Å². The quantitative estimate of drug-likeness (QED) is 0.677. The number of hydrogen-bond donors (Lipinski definition) is 1. The summed E-state index contributed by atoms with van der Waals surface area (Å²) in [4.78, 5) is 0. The van der Waals surface area contributed by atoms with Gasteiger partial charge < -0.3 is 14.8 Å². The first-order chi connectivity index (χ1) is 6.33. The SMILES string of the molecule is CCCNC1CC(OC)C1OCC. The van der Waals surface area contributed by atoms with Crippen LogP contribution in [0.15, 0.2) is 0 Å². The average Bonchev–Trinajstić information content (AvgIpc) is 2.13. The highest BCUT2D eigenvalue weighted by atomic mass is 16.5. The minimum atomic E-state index is 0.265. The summed E-state index contributed by atoms with van der Waals surface area (Å²) in [5.41, 5.74) is 0. The minimum Gasteiger partial charge on any atom is -0.379 e. The zero-order valence-electron chi connectivity index (χ0n) is 8.88. The van der Waals surface area contributed by atoms with Crippen molar-refractivity contribution < 1.29 is 9.47 Å². The summed E-state index contributed by atoms with van der Waals surface area (Å²) in [5, 5.41) is 3.46. The van der Waals surface area contributed by atoms with Crippen LogP contribution in [0.5, 0.6) is 0 Å². The van der Waals surface area contributed by atoms with E-state index >= 15 is 0 Å². The molecular formula is C10H21NO2. The van der Waals surface area contributed by atoms with Crippen molar-refractivity contribution in [2.45, 2.75) is 44.9 Å². The molecule has 0 saturated heterocycles. The molecule has 3 heteroatoms. The smallest absolute Gasteiger partial charge is 0.0990 e. The summed E-state index contributed by atoms with van der Waals surface area (Å²) >= 11 is 0. The van der Waals surface area contributed by atoms with Gasteiger partial charge in [0.05, 0.1) is 12.2 Å². The molecule has 1 saturated carbocycles. The predicted octanol–water partition coefficient (Wildman–Crippen LogP) is 1.18. The van der Waals surface area contributed by atoms with Crippen molar-refractivity contribution in [1.82, 2.24) is 5.32 Å². The summed E-state index contributed by atoms with van der Waals surface area (Å²) in [7, 11) is 1.76. The molecule has 0 amide bonds. The van der Waals surface area contributed by atoms with Crippen LogP contribution in [-0.4, -0.2) is 38.5 Å². The van der Waals surface area contributed by atoms with Crippen molar-refractivity contribution in [3.63, 3.8) is 0 Å². The zero-order valence-corrected chi connectivity index (χ0v) is 8.88. The molecule has 0 aliphatic heterocycles. The summed E-state index contributed by atoms with van der Waals surface area (Å²) < 4.78 is 10.9. The lowest BCUT2D eigenvalue weighted by molar-refractivity contribution is -0.131. The first kappa shape index (κ1) is 11.0. The highest BCUT2D eigenvalue weighted by Crippen LogP contribution is 2.26. The van der Waals surface area contributed by atoms with Gasteiger partial charge in [-0.05, 0) is 26.3 Å². The van der Waals surface area contributed by atoms with Gasteiger partial charge >= 0.3 is 0 Å². The average molecular weight is 187 g/mol. The van der Waals surface area contributed by atoms with E-state index < -0.39 is 0 Å². The van der Waals surface area contributed by atoms with Crippen LogP contribution in [0.3, 0.4) is 0 Å². The third kappa shape index (κ3) is 2.66. The van der Waals surface area contributed by atoms with Crippen LogP contribution in [0.4, 0.5) is 0 Å². The van der Waals surface area contributed by atoms with Crippen molar-refractivity contribution in [2.24, 2.45) is 0 Å². The topological polar surface area (TPSA) is 30.5 Å². The van der Waals surface area contributed by atoms with E-state index in [2.05, 4.69) is 12.2 Å². The molecule has 1 aliphatic rings. The molecule has 0 spiro atoms. The Balaban J connectivity index is 2.24. The van der Waals surface area contributed by atoms with Crippen molar-refractivity contribution in [3.8, 4) is 0 Å². The number of ether oxygens (including phenoxy) is 2. The molecule has 0 heterocycles. The third-order valence-corrected chi connectivity index (χ3v) is 2.57. The van der Waals surface area contributed by atoms with Crippen LogP contribution >= 0.6 is 0 Å². The van der Waals surface area contributed by atoms with Crippen molar-refractivity contribution in [2.75, 3.05) is 20.3 Å². The summed E-state index contributed by atoms with van der Waals surface area (Å²) in [5.74, 6) is 0. The molecule has 0 aromatic carbocycles. The minimum absolute atomic E-state index is 0.265. The molecule has 1 fully saturated rings. The van der Waals surface area contributed by atoms with Crippen LogP contribution in [0, 0.1) is 0 Å². The molecular weight excluding hydrogens is 166 g/mol. The number of rotatable bonds is 6. The first-order valence-electron chi connectivity index (χ1n) is 5.21. The molecule has 0 bridgehead atoms. The lowest BCUT2D eigenvalue weighted by atomic mass is 9.85. The van der Waals surface area contributed by atoms with Crippen LogP contribution < -0.4 is 5.32 Å². The molecule has 0 radical (unpaired) electrons. The van der Waals surface area contributed by atoms with Crippen LogP contribution in [0.2, 0.25) is 0 Å². The van der Waals surface area contributed by atoms with Gasteiger partial charge in [-0.25, -0.2) is 0 Å². The van der Waals surface area contributed by atoms with Gasteiger partial charge in [0.1, 0.15) is 0 Å². The first-order valence-corrected chi connectivity index (χ1v) is 5.21. The van der Waals surface area contributed by atoms with Gasteiger partial charge in [0.15, 0.2) is 0 Å². The molecule has 78 valence electrons. The summed E-state index contributed by atoms with van der Waals surface area (Å²) in [6.07, 6.45) is 2.82. The van der Waals surface area contributed by atoms with E-state index in [1.807, 2.05) is 6.92 Å². The lowest BCUT2D eigenvalue weighted by Crippen LogP contribution is -2.59. The molecule has 0 aromatic heterocycles. The molecule has 13 heavy (non-hydrogen) atoms. The molecule has 3 unspecified atom stereocenters. The monoisotopic (exact) mass is 187 g/mol. The van der Waals surface area contributed by atoms with Crippen LogP contribution in [-0.2, 0) is 9.47 Å². The van der Waals surface area contributed by atoms with E-state index in [1.165, 1.54) is 6.42 Å². The molecule has 1 rings (SSSR count). The second kappa shape index (κ2) is 5.58. The Morgan fingerprint density at radius 3 is 2.69 bits per heavy atom. The fourth-order valence-electron chi connectivity index (χ4n) is 1.76. The molecule has 1 N–H and O–H groups in total. The Hall–Kier alpha value is -0.120. The van der Waals surface area contributed by atoms with Crippen molar-refractivity contribution in [1.29, 1.82) is 0 Å². The van der Waals surface area contributed by atoms with E-state index in [4.69, 9.17) is 9.47 Å². The van der Waals surface area contributed by atoms with E-state index in [1.54, 1.807) is 7.11 Å². The maximum atomic E-state index is 5.60. The maximum absolute atomic E-state index is 5.60. The second-order valence-corrected chi connectivity index (χ2v) is 3.49. The zero-order chi connectivity index (χ0) is 9.68. The van der Waals surface area contributed by atoms with Gasteiger partial charge in [-0.2, -0.15) is 0 Å². The van der Waals surface area contributed by atoms with Crippen molar-refractivity contribution in [3.05, 3.63) is 0 Å². The standard InChI is InChI=1S/C10H21NO2/c1-4-6-11-8-7-9(12-3)10(8)13-5-2/h8-11H,4-7H2,1-3H3. The molecule has 3 nitrogen and oxygen atoms in total. The Morgan fingerprint density at radius 1 is 1.38 bits per heavy atom. The predicted molar refractivity (Wildman–Crippen MR) is 52.9 cm³/mol. The summed E-state index contributed by atoms with van der Waals surface area (Å²) in [6, 6.07) is 0.504. The Morgan fingerprint density at radius 2 is 2.15 bits per heavy atom. The Kier molecular flexibility index (Phi) is 4.70. The molecule has 3 atom stereocenters. The largest absolute Gasteiger partial charge is 0.379 e. The summed E-state index contributed by atoms with van der Waals surface area (Å²) in [6.45, 7) is 6.05. The van der Waals surface area contributed by atoms with Crippen LogP contribution in [0.25, 0.3) is 0 Å². The number of nitrogens with one attached hydrogen (secondary N) is 1. The fraction of sp³-hybridized carbons (Fsp3) is 1.00. The normalized spacial score (nSPS) is 33.0. The van der Waals surface area contributed by atoms with Crippen LogP contribution in [0.1, 0.15) is 26.7 Å². The lowest BCUT2D eigenvalue weighted by Gasteiger charge is -2.43. The highest BCUT2D eigenvalue weighted by Gasteiger charge is 2.41. The van der Waals surface area contributed by atoms with E-state index in [0.29, 0.717) is 12.1 Å². The van der Waals surface area contributed by atoms with Gasteiger partial charge in [-0.1, -0.05) is 6.92 Å². The fourth-order valence-corrected chi connectivity index (χ4v) is 1.76. The van der Waals surface area contributed by atoms with Gasteiger partial charge in [0.2, 0.25) is 0 Å². The van der Waals surface area contributed by atoms with Crippen molar-refractivity contribution >= 4 is 0 Å². The van der Waals surface area contributed by atoms with Gasteiger partial charge in [-0.15, -0.1) is 0 Å². The molecule has 1 aliphatic carbocycles. The van der Waals surface area contributed by atoms with E-state index in [9.17, 15) is 0 Å².